The number of ether oxygens (including phenoxy) is 2. The van der Waals surface area contributed by atoms with Gasteiger partial charge >= 0.3 is 11.9 Å². The normalized spacial score (nSPS) is 12.5. The van der Waals surface area contributed by atoms with Gasteiger partial charge in [0.25, 0.3) is 6.29 Å². The van der Waals surface area contributed by atoms with Gasteiger partial charge in [0.1, 0.15) is 0 Å². The number of carbonyl (C=O) groups excluding carboxylic acids is 2. The van der Waals surface area contributed by atoms with E-state index in [1.165, 1.54) is 6.92 Å². The third-order valence-electron chi connectivity index (χ3n) is 3.36. The van der Waals surface area contributed by atoms with Crippen molar-refractivity contribution in [1.82, 2.24) is 0 Å². The first-order valence-electron chi connectivity index (χ1n) is 6.75. The van der Waals surface area contributed by atoms with E-state index in [0.717, 1.165) is 0 Å². The van der Waals surface area contributed by atoms with E-state index in [0.29, 0.717) is 5.57 Å². The van der Waals surface area contributed by atoms with Crippen LogP contribution in [0.1, 0.15) is 27.2 Å². The summed E-state index contributed by atoms with van der Waals surface area (Å²) >= 11 is 0. The maximum Gasteiger partial charge on any atom is 0.376 e. The number of allylic oxidation sites excluding steroid dienone is 1. The first-order valence-corrected chi connectivity index (χ1v) is 6.75. The molecule has 0 heterocycles. The fourth-order valence-electron chi connectivity index (χ4n) is 1.27. The molecule has 0 radical (unpaired) electrons. The molecule has 0 saturated carbocycles. The van der Waals surface area contributed by atoms with E-state index in [-0.39, 0.29) is 18.6 Å². The maximum atomic E-state index is 11.5. The van der Waals surface area contributed by atoms with Crippen LogP contribution in [0.2, 0.25) is 0 Å². The van der Waals surface area contributed by atoms with Gasteiger partial charge in [0.15, 0.2) is 0 Å². The zero-order valence-corrected chi connectivity index (χ0v) is 13.0. The minimum Gasteiger partial charge on any atom is -0.461 e. The fourth-order valence-corrected chi connectivity index (χ4v) is 1.27. The van der Waals surface area contributed by atoms with E-state index in [9.17, 15) is 14.7 Å². The summed E-state index contributed by atoms with van der Waals surface area (Å²) in [6, 6.07) is 0. The summed E-state index contributed by atoms with van der Waals surface area (Å²) in [6.07, 6.45) is -2.08. The Morgan fingerprint density at radius 2 is 1.55 bits per heavy atom. The Hall–Kier alpha value is -1.48. The standard InChI is InChI=1S/C14H24O8/c1-9(2)10(3)11(18)22-13(20)12(19)21-5-4-14(6-15,7-16)8-17/h13,15-17,20H,4-8H2,1-3H3. The smallest absolute Gasteiger partial charge is 0.376 e. The molecule has 22 heavy (non-hydrogen) atoms. The first kappa shape index (κ1) is 20.5. The Bertz CT molecular complexity index is 399. The highest BCUT2D eigenvalue weighted by molar-refractivity contribution is 5.90. The minimum absolute atomic E-state index is 0.0180. The number of aliphatic hydroxyl groups is 4. The zero-order chi connectivity index (χ0) is 17.3. The van der Waals surface area contributed by atoms with E-state index < -0.39 is 43.5 Å². The van der Waals surface area contributed by atoms with Crippen molar-refractivity contribution in [2.24, 2.45) is 5.41 Å². The molecular formula is C14H24O8. The molecule has 0 amide bonds. The van der Waals surface area contributed by atoms with Gasteiger partial charge in [0.2, 0.25) is 0 Å². The van der Waals surface area contributed by atoms with Crippen LogP contribution in [0.5, 0.6) is 0 Å². The Balaban J connectivity index is 4.39. The summed E-state index contributed by atoms with van der Waals surface area (Å²) in [6.45, 7) is 3.11. The predicted octanol–water partition coefficient (Wildman–Crippen LogP) is -0.899. The number of rotatable bonds is 9. The third kappa shape index (κ3) is 6.10. The molecule has 8 nitrogen and oxygen atoms in total. The molecule has 8 heteroatoms. The van der Waals surface area contributed by atoms with Crippen LogP contribution in [-0.4, -0.2) is 65.1 Å². The van der Waals surface area contributed by atoms with Crippen LogP contribution >= 0.6 is 0 Å². The van der Waals surface area contributed by atoms with Crippen LogP contribution < -0.4 is 0 Å². The van der Waals surface area contributed by atoms with Crippen molar-refractivity contribution in [1.29, 1.82) is 0 Å². The second-order valence-corrected chi connectivity index (χ2v) is 5.27. The first-order chi connectivity index (χ1) is 10.2. The lowest BCUT2D eigenvalue weighted by Crippen LogP contribution is -2.36. The highest BCUT2D eigenvalue weighted by Gasteiger charge is 2.29. The highest BCUT2D eigenvalue weighted by Crippen LogP contribution is 2.19. The van der Waals surface area contributed by atoms with Gasteiger partial charge in [-0.05, 0) is 27.2 Å². The number of carbonyl (C=O) groups is 2. The van der Waals surface area contributed by atoms with Gasteiger partial charge < -0.3 is 29.9 Å². The largest absolute Gasteiger partial charge is 0.461 e. The van der Waals surface area contributed by atoms with E-state index in [1.807, 2.05) is 0 Å². The molecule has 0 bridgehead atoms. The minimum atomic E-state index is -2.06. The number of hydrogen-bond donors (Lipinski definition) is 4. The molecule has 128 valence electrons. The summed E-state index contributed by atoms with van der Waals surface area (Å²) in [4.78, 5) is 23.0. The molecule has 0 aromatic heterocycles. The quantitative estimate of drug-likeness (QED) is 0.244. The van der Waals surface area contributed by atoms with Crippen molar-refractivity contribution in [2.75, 3.05) is 26.4 Å². The van der Waals surface area contributed by atoms with Crippen molar-refractivity contribution in [2.45, 2.75) is 33.5 Å². The van der Waals surface area contributed by atoms with Crippen LogP contribution in [0.25, 0.3) is 0 Å². The van der Waals surface area contributed by atoms with Gasteiger partial charge in [0.05, 0.1) is 26.4 Å². The van der Waals surface area contributed by atoms with E-state index in [1.54, 1.807) is 13.8 Å². The SMILES string of the molecule is CC(C)=C(C)C(=O)OC(O)C(=O)OCCC(CO)(CO)CO. The molecule has 0 rings (SSSR count). The molecule has 4 N–H and O–H groups in total. The van der Waals surface area contributed by atoms with Crippen LogP contribution in [0.3, 0.4) is 0 Å². The lowest BCUT2D eigenvalue weighted by molar-refractivity contribution is -0.189. The number of esters is 2. The van der Waals surface area contributed by atoms with Crippen molar-refractivity contribution < 1.29 is 39.5 Å². The molecule has 0 fully saturated rings. The summed E-state index contributed by atoms with van der Waals surface area (Å²) in [5.41, 5.74) is -0.225. The molecular weight excluding hydrogens is 296 g/mol. The van der Waals surface area contributed by atoms with Crippen LogP contribution in [0.15, 0.2) is 11.1 Å². The summed E-state index contributed by atoms with van der Waals surface area (Å²) in [5, 5.41) is 36.7. The van der Waals surface area contributed by atoms with Crippen LogP contribution in [0.4, 0.5) is 0 Å². The number of hydrogen-bond acceptors (Lipinski definition) is 8. The molecule has 0 aliphatic carbocycles. The van der Waals surface area contributed by atoms with Gasteiger partial charge in [-0.25, -0.2) is 9.59 Å². The van der Waals surface area contributed by atoms with Gasteiger partial charge in [-0.1, -0.05) is 5.57 Å². The summed E-state index contributed by atoms with van der Waals surface area (Å²) in [5.74, 6) is -2.00. The molecule has 0 saturated heterocycles. The molecule has 0 aliphatic rings. The van der Waals surface area contributed by atoms with Crippen molar-refractivity contribution in [3.63, 3.8) is 0 Å². The van der Waals surface area contributed by atoms with Crippen LogP contribution in [0, 0.1) is 5.41 Å². The lowest BCUT2D eigenvalue weighted by atomic mass is 9.88. The average molecular weight is 320 g/mol. The van der Waals surface area contributed by atoms with E-state index >= 15 is 0 Å². The fraction of sp³-hybridized carbons (Fsp3) is 0.714. The Kier molecular flexibility index (Phi) is 8.88. The Morgan fingerprint density at radius 1 is 1.05 bits per heavy atom. The van der Waals surface area contributed by atoms with E-state index in [2.05, 4.69) is 4.74 Å². The van der Waals surface area contributed by atoms with Crippen molar-refractivity contribution in [3.8, 4) is 0 Å². The third-order valence-corrected chi connectivity index (χ3v) is 3.36. The highest BCUT2D eigenvalue weighted by atomic mass is 16.7. The summed E-state index contributed by atoms with van der Waals surface area (Å²) < 4.78 is 9.22. The topological polar surface area (TPSA) is 134 Å². The van der Waals surface area contributed by atoms with Gasteiger partial charge in [-0.2, -0.15) is 0 Å². The monoisotopic (exact) mass is 320 g/mol. The maximum absolute atomic E-state index is 11.5. The molecule has 0 spiro atoms. The molecule has 0 aromatic carbocycles. The van der Waals surface area contributed by atoms with Crippen LogP contribution in [-0.2, 0) is 19.1 Å². The average Bonchev–Trinajstić information content (AvgIpc) is 2.50. The molecule has 1 atom stereocenters. The molecule has 1 unspecified atom stereocenters. The van der Waals surface area contributed by atoms with Gasteiger partial charge in [-0.15, -0.1) is 0 Å². The summed E-state index contributed by atoms with van der Waals surface area (Å²) in [7, 11) is 0. The lowest BCUT2D eigenvalue weighted by Gasteiger charge is -2.26. The predicted molar refractivity (Wildman–Crippen MR) is 75.4 cm³/mol. The Labute approximate surface area is 129 Å². The molecule has 0 aliphatic heterocycles. The van der Waals surface area contributed by atoms with Gasteiger partial charge in [-0.3, -0.25) is 0 Å². The molecule has 0 aromatic rings. The van der Waals surface area contributed by atoms with Crippen molar-refractivity contribution >= 4 is 11.9 Å². The van der Waals surface area contributed by atoms with Crippen molar-refractivity contribution in [3.05, 3.63) is 11.1 Å². The Morgan fingerprint density at radius 3 is 1.95 bits per heavy atom. The van der Waals surface area contributed by atoms with Gasteiger partial charge in [0, 0.05) is 11.0 Å². The second kappa shape index (κ2) is 9.52. The van der Waals surface area contributed by atoms with E-state index in [4.69, 9.17) is 20.1 Å². The number of aliphatic hydroxyl groups excluding tert-OH is 4. The zero-order valence-electron chi connectivity index (χ0n) is 13.0. The second-order valence-electron chi connectivity index (χ2n) is 5.27.